The molecule has 5 nitrogen and oxygen atoms in total. The van der Waals surface area contributed by atoms with Gasteiger partial charge in [0.1, 0.15) is 0 Å². The van der Waals surface area contributed by atoms with Gasteiger partial charge in [-0.25, -0.2) is 0 Å². The summed E-state index contributed by atoms with van der Waals surface area (Å²) in [5.74, 6) is -0.0616. The number of benzene rings is 1. The zero-order chi connectivity index (χ0) is 17.2. The highest BCUT2D eigenvalue weighted by Crippen LogP contribution is 2.10. The maximum absolute atomic E-state index is 12.2. The molecule has 0 saturated carbocycles. The summed E-state index contributed by atoms with van der Waals surface area (Å²) in [5, 5.41) is 2.87. The van der Waals surface area contributed by atoms with Crippen LogP contribution in [0, 0.1) is 5.92 Å². The molecule has 0 aliphatic carbocycles. The van der Waals surface area contributed by atoms with Crippen LogP contribution in [0.5, 0.6) is 0 Å². The predicted octanol–water partition coefficient (Wildman–Crippen LogP) is 2.71. The van der Waals surface area contributed by atoms with Gasteiger partial charge in [-0.1, -0.05) is 32.9 Å². The molecule has 1 rings (SSSR count). The third-order valence-corrected chi connectivity index (χ3v) is 3.29. The number of hydrogen-bond acceptors (Lipinski definition) is 4. The minimum Gasteiger partial charge on any atom is -0.465 e. The van der Waals surface area contributed by atoms with Crippen LogP contribution in [0.3, 0.4) is 0 Å². The summed E-state index contributed by atoms with van der Waals surface area (Å²) in [5.41, 5.74) is 2.00. The molecule has 0 saturated heterocycles. The summed E-state index contributed by atoms with van der Waals surface area (Å²) in [4.78, 5) is 25.7. The largest absolute Gasteiger partial charge is 0.465 e. The Morgan fingerprint density at radius 3 is 2.30 bits per heavy atom. The fourth-order valence-electron chi connectivity index (χ4n) is 2.32. The van der Waals surface area contributed by atoms with Crippen LogP contribution in [0.15, 0.2) is 24.3 Å². The topological polar surface area (TPSA) is 58.6 Å². The molecular formula is C18H28N2O3. The Labute approximate surface area is 139 Å². The molecule has 1 N–H and O–H groups in total. The predicted molar refractivity (Wildman–Crippen MR) is 92.4 cm³/mol. The Balaban J connectivity index is 2.58. The summed E-state index contributed by atoms with van der Waals surface area (Å²) in [6.45, 7) is 9.30. The Bertz CT molecular complexity index is 497. The maximum atomic E-state index is 12.2. The summed E-state index contributed by atoms with van der Waals surface area (Å²) < 4.78 is 4.97. The molecule has 5 heteroatoms. The Morgan fingerprint density at radius 1 is 1.13 bits per heavy atom. The van der Waals surface area contributed by atoms with E-state index in [1.54, 1.807) is 6.92 Å². The average molecular weight is 320 g/mol. The molecule has 0 bridgehead atoms. The van der Waals surface area contributed by atoms with E-state index in [0.717, 1.165) is 12.1 Å². The van der Waals surface area contributed by atoms with Crippen molar-refractivity contribution in [3.63, 3.8) is 0 Å². The highest BCUT2D eigenvalue weighted by atomic mass is 16.5. The van der Waals surface area contributed by atoms with Gasteiger partial charge in [-0.3, -0.25) is 14.5 Å². The fourth-order valence-corrected chi connectivity index (χ4v) is 2.32. The number of nitrogens with zero attached hydrogens (tertiary/aromatic N) is 1. The molecule has 0 aliphatic heterocycles. The zero-order valence-electron chi connectivity index (χ0n) is 14.6. The van der Waals surface area contributed by atoms with Crippen molar-refractivity contribution >= 4 is 17.6 Å². The van der Waals surface area contributed by atoms with Crippen molar-refractivity contribution in [2.75, 3.05) is 31.6 Å². The third kappa shape index (κ3) is 7.79. The van der Waals surface area contributed by atoms with Crippen LogP contribution in [0.4, 0.5) is 5.69 Å². The monoisotopic (exact) mass is 320 g/mol. The molecule has 0 spiro atoms. The second kappa shape index (κ2) is 10.0. The second-order valence-corrected chi connectivity index (χ2v) is 5.97. The van der Waals surface area contributed by atoms with Crippen LogP contribution in [0.2, 0.25) is 0 Å². The highest BCUT2D eigenvalue weighted by molar-refractivity contribution is 5.92. The van der Waals surface area contributed by atoms with Crippen LogP contribution in [-0.2, 0) is 20.7 Å². The Kier molecular flexibility index (Phi) is 8.33. The molecule has 0 heterocycles. The van der Waals surface area contributed by atoms with Crippen LogP contribution in [0.25, 0.3) is 0 Å². The van der Waals surface area contributed by atoms with Crippen LogP contribution < -0.4 is 5.32 Å². The third-order valence-electron chi connectivity index (χ3n) is 3.29. The molecule has 0 unspecified atom stereocenters. The first-order chi connectivity index (χ1) is 10.9. The minimum atomic E-state index is -0.298. The zero-order valence-corrected chi connectivity index (χ0v) is 14.6. The lowest BCUT2D eigenvalue weighted by atomic mass is 10.1. The van der Waals surface area contributed by atoms with Crippen LogP contribution in [-0.4, -0.2) is 43.0 Å². The van der Waals surface area contributed by atoms with Crippen molar-refractivity contribution in [2.24, 2.45) is 5.92 Å². The molecule has 1 aromatic carbocycles. The number of hydrogen-bond donors (Lipinski definition) is 1. The molecule has 0 aliphatic rings. The van der Waals surface area contributed by atoms with Crippen molar-refractivity contribution in [3.8, 4) is 0 Å². The van der Waals surface area contributed by atoms with E-state index in [1.807, 2.05) is 29.2 Å². The normalized spacial score (nSPS) is 10.9. The van der Waals surface area contributed by atoms with Gasteiger partial charge >= 0.3 is 5.97 Å². The molecule has 0 atom stereocenters. The van der Waals surface area contributed by atoms with Crippen molar-refractivity contribution in [1.82, 2.24) is 4.90 Å². The van der Waals surface area contributed by atoms with E-state index in [-0.39, 0.29) is 25.0 Å². The first-order valence-corrected chi connectivity index (χ1v) is 8.21. The number of aryl methyl sites for hydroxylation is 1. The van der Waals surface area contributed by atoms with Crippen LogP contribution in [0.1, 0.15) is 33.3 Å². The number of esters is 1. The number of amides is 1. The molecule has 128 valence electrons. The van der Waals surface area contributed by atoms with Gasteiger partial charge < -0.3 is 10.1 Å². The van der Waals surface area contributed by atoms with Gasteiger partial charge in [-0.15, -0.1) is 0 Å². The van der Waals surface area contributed by atoms with Crippen molar-refractivity contribution in [1.29, 1.82) is 0 Å². The lowest BCUT2D eigenvalue weighted by Crippen LogP contribution is -2.39. The van der Waals surface area contributed by atoms with E-state index >= 15 is 0 Å². The SMILES string of the molecule is CCOC(=O)CN(CC(=O)Nc1ccc(CC)cc1)CC(C)C. The Morgan fingerprint density at radius 2 is 1.78 bits per heavy atom. The number of rotatable bonds is 9. The van der Waals surface area contributed by atoms with Crippen molar-refractivity contribution in [2.45, 2.75) is 34.1 Å². The Hall–Kier alpha value is -1.88. The van der Waals surface area contributed by atoms with Gasteiger partial charge in [0.15, 0.2) is 0 Å². The van der Waals surface area contributed by atoms with Gasteiger partial charge in [0, 0.05) is 12.2 Å². The van der Waals surface area contributed by atoms with Crippen molar-refractivity contribution in [3.05, 3.63) is 29.8 Å². The smallest absolute Gasteiger partial charge is 0.320 e. The van der Waals surface area contributed by atoms with E-state index in [4.69, 9.17) is 4.74 Å². The average Bonchev–Trinajstić information content (AvgIpc) is 2.47. The van der Waals surface area contributed by atoms with E-state index in [2.05, 4.69) is 26.1 Å². The lowest BCUT2D eigenvalue weighted by molar-refractivity contribution is -0.144. The fraction of sp³-hybridized carbons (Fsp3) is 0.556. The van der Waals surface area contributed by atoms with Gasteiger partial charge in [0.05, 0.1) is 19.7 Å². The number of anilines is 1. The number of carbonyl (C=O) groups is 2. The van der Waals surface area contributed by atoms with Gasteiger partial charge in [0.25, 0.3) is 0 Å². The number of carbonyl (C=O) groups excluding carboxylic acids is 2. The highest BCUT2D eigenvalue weighted by Gasteiger charge is 2.16. The standard InChI is InChI=1S/C18H28N2O3/c1-5-15-7-9-16(10-8-15)19-17(21)12-20(11-14(3)4)13-18(22)23-6-2/h7-10,14H,5-6,11-13H2,1-4H3,(H,19,21). The van der Waals surface area contributed by atoms with E-state index in [9.17, 15) is 9.59 Å². The lowest BCUT2D eigenvalue weighted by Gasteiger charge is -2.22. The maximum Gasteiger partial charge on any atom is 0.320 e. The van der Waals surface area contributed by atoms with E-state index < -0.39 is 0 Å². The molecule has 1 amide bonds. The number of ether oxygens (including phenoxy) is 1. The van der Waals surface area contributed by atoms with Gasteiger partial charge in [-0.05, 0) is 37.0 Å². The molecular weight excluding hydrogens is 292 g/mol. The molecule has 0 radical (unpaired) electrons. The summed E-state index contributed by atoms with van der Waals surface area (Å²) in [7, 11) is 0. The first-order valence-electron chi connectivity index (χ1n) is 8.21. The summed E-state index contributed by atoms with van der Waals surface area (Å²) in [6, 6.07) is 7.80. The minimum absolute atomic E-state index is 0.126. The molecule has 0 fully saturated rings. The van der Waals surface area contributed by atoms with Gasteiger partial charge in [-0.2, -0.15) is 0 Å². The van der Waals surface area contributed by atoms with E-state index in [1.165, 1.54) is 5.56 Å². The van der Waals surface area contributed by atoms with Gasteiger partial charge in [0.2, 0.25) is 5.91 Å². The van der Waals surface area contributed by atoms with Crippen LogP contribution >= 0.6 is 0 Å². The first kappa shape index (κ1) is 19.2. The summed E-state index contributed by atoms with van der Waals surface area (Å²) in [6.07, 6.45) is 0.968. The van der Waals surface area contributed by atoms with E-state index in [0.29, 0.717) is 19.1 Å². The second-order valence-electron chi connectivity index (χ2n) is 5.97. The molecule has 1 aromatic rings. The van der Waals surface area contributed by atoms with Crippen molar-refractivity contribution < 1.29 is 14.3 Å². The summed E-state index contributed by atoms with van der Waals surface area (Å²) >= 11 is 0. The quantitative estimate of drug-likeness (QED) is 0.711. The molecule has 23 heavy (non-hydrogen) atoms. The number of nitrogens with one attached hydrogen (secondary N) is 1. The molecule has 0 aromatic heterocycles.